The van der Waals surface area contributed by atoms with E-state index in [1.54, 1.807) is 6.26 Å². The van der Waals surface area contributed by atoms with Crippen LogP contribution >= 0.6 is 0 Å². The Kier molecular flexibility index (Phi) is 4.19. The first-order valence-electron chi connectivity index (χ1n) is 7.46. The van der Waals surface area contributed by atoms with Crippen molar-refractivity contribution in [2.75, 3.05) is 0 Å². The molecule has 1 fully saturated rings. The van der Waals surface area contributed by atoms with E-state index in [2.05, 4.69) is 29.7 Å². The van der Waals surface area contributed by atoms with Crippen molar-refractivity contribution in [3.05, 3.63) is 59.5 Å². The Labute approximate surface area is 120 Å². The molecule has 2 aromatic rings. The van der Waals surface area contributed by atoms with Crippen LogP contribution in [0.1, 0.15) is 54.5 Å². The van der Waals surface area contributed by atoms with Crippen LogP contribution in [0.2, 0.25) is 0 Å². The highest BCUT2D eigenvalue weighted by Crippen LogP contribution is 2.39. The third kappa shape index (κ3) is 2.79. The molecule has 1 saturated carbocycles. The predicted molar refractivity (Wildman–Crippen MR) is 80.1 cm³/mol. The summed E-state index contributed by atoms with van der Waals surface area (Å²) in [4.78, 5) is 0. The van der Waals surface area contributed by atoms with Gasteiger partial charge in [-0.15, -0.1) is 0 Å². The van der Waals surface area contributed by atoms with Crippen molar-refractivity contribution >= 4 is 0 Å². The Morgan fingerprint density at radius 3 is 2.70 bits per heavy atom. The number of nitrogens with two attached hydrogens (primary N) is 1. The summed E-state index contributed by atoms with van der Waals surface area (Å²) in [5.74, 6) is 7.54. The van der Waals surface area contributed by atoms with Gasteiger partial charge in [-0.2, -0.15) is 0 Å². The zero-order valence-electron chi connectivity index (χ0n) is 11.7. The quantitative estimate of drug-likeness (QED) is 0.622. The Morgan fingerprint density at radius 1 is 1.20 bits per heavy atom. The van der Waals surface area contributed by atoms with Crippen molar-refractivity contribution in [2.45, 2.75) is 44.1 Å². The van der Waals surface area contributed by atoms with Crippen LogP contribution in [0.5, 0.6) is 0 Å². The van der Waals surface area contributed by atoms with Gasteiger partial charge < -0.3 is 4.42 Å². The molecule has 3 heteroatoms. The summed E-state index contributed by atoms with van der Waals surface area (Å²) in [5, 5.41) is 0. The van der Waals surface area contributed by atoms with Crippen molar-refractivity contribution < 1.29 is 4.42 Å². The van der Waals surface area contributed by atoms with Crippen LogP contribution in [0.4, 0.5) is 0 Å². The molecule has 1 atom stereocenters. The van der Waals surface area contributed by atoms with Gasteiger partial charge in [-0.25, -0.2) is 0 Å². The minimum absolute atomic E-state index is 0.192. The van der Waals surface area contributed by atoms with E-state index >= 15 is 0 Å². The van der Waals surface area contributed by atoms with Gasteiger partial charge in [0.15, 0.2) is 0 Å². The van der Waals surface area contributed by atoms with E-state index in [1.807, 2.05) is 12.1 Å². The second kappa shape index (κ2) is 6.25. The molecule has 0 aliphatic heterocycles. The summed E-state index contributed by atoms with van der Waals surface area (Å²) in [7, 11) is 0. The predicted octanol–water partition coefficient (Wildman–Crippen LogP) is 3.68. The van der Waals surface area contributed by atoms with Gasteiger partial charge in [0, 0.05) is 12.5 Å². The van der Waals surface area contributed by atoms with Gasteiger partial charge in [0.2, 0.25) is 0 Å². The fourth-order valence-electron chi connectivity index (χ4n) is 2.99. The molecular weight excluding hydrogens is 248 g/mol. The van der Waals surface area contributed by atoms with Crippen LogP contribution in [0.3, 0.4) is 0 Å². The van der Waals surface area contributed by atoms with Crippen molar-refractivity contribution in [1.29, 1.82) is 0 Å². The van der Waals surface area contributed by atoms with Crippen LogP contribution in [0, 0.1) is 0 Å². The molecule has 0 bridgehead atoms. The lowest BCUT2D eigenvalue weighted by Crippen LogP contribution is -2.30. The minimum atomic E-state index is 0.192. The molecule has 1 aliphatic rings. The average Bonchev–Trinajstić information content (AvgIpc) is 2.92. The topological polar surface area (TPSA) is 51.2 Å². The highest BCUT2D eigenvalue weighted by molar-refractivity contribution is 5.34. The van der Waals surface area contributed by atoms with Crippen molar-refractivity contribution in [1.82, 2.24) is 5.43 Å². The monoisotopic (exact) mass is 270 g/mol. The lowest BCUT2D eigenvalue weighted by Gasteiger charge is -2.30. The van der Waals surface area contributed by atoms with Crippen molar-refractivity contribution in [3.8, 4) is 0 Å². The number of furan rings is 1. The number of hydrogen-bond donors (Lipinski definition) is 2. The molecule has 0 radical (unpaired) electrons. The van der Waals surface area contributed by atoms with Crippen LogP contribution in [0.15, 0.2) is 47.1 Å². The van der Waals surface area contributed by atoms with Gasteiger partial charge >= 0.3 is 0 Å². The van der Waals surface area contributed by atoms with Gasteiger partial charge in [0.25, 0.3) is 0 Å². The summed E-state index contributed by atoms with van der Waals surface area (Å²) in [6, 6.07) is 12.9. The van der Waals surface area contributed by atoms with Crippen LogP contribution < -0.4 is 11.3 Å². The number of hydrogen-bond acceptors (Lipinski definition) is 3. The standard InChI is InChI=1S/C17H22N2O/c18-19-17(11-10-14-7-4-12-20-14)16-9-2-1-8-15(16)13-5-3-6-13/h1-2,4,7-9,12-13,17,19H,3,5-6,10-11,18H2. The first-order valence-corrected chi connectivity index (χ1v) is 7.46. The van der Waals surface area contributed by atoms with Gasteiger partial charge in [-0.3, -0.25) is 11.3 Å². The highest BCUT2D eigenvalue weighted by Gasteiger charge is 2.24. The molecule has 20 heavy (non-hydrogen) atoms. The fourth-order valence-corrected chi connectivity index (χ4v) is 2.99. The third-order valence-electron chi connectivity index (χ3n) is 4.38. The lowest BCUT2D eigenvalue weighted by atomic mass is 9.77. The number of nitrogens with one attached hydrogen (secondary N) is 1. The molecule has 1 aromatic carbocycles. The van der Waals surface area contributed by atoms with E-state index in [0.29, 0.717) is 0 Å². The maximum absolute atomic E-state index is 5.79. The first kappa shape index (κ1) is 13.4. The van der Waals surface area contributed by atoms with E-state index in [9.17, 15) is 0 Å². The molecule has 3 nitrogen and oxygen atoms in total. The first-order chi connectivity index (χ1) is 9.88. The average molecular weight is 270 g/mol. The largest absolute Gasteiger partial charge is 0.469 e. The Bertz CT molecular complexity index is 532. The summed E-state index contributed by atoms with van der Waals surface area (Å²) in [6.07, 6.45) is 7.56. The molecule has 0 saturated heterocycles. The SMILES string of the molecule is NNC(CCc1ccco1)c1ccccc1C1CCC1. The Morgan fingerprint density at radius 2 is 2.05 bits per heavy atom. The van der Waals surface area contributed by atoms with Crippen molar-refractivity contribution in [3.63, 3.8) is 0 Å². The molecule has 0 amide bonds. The Hall–Kier alpha value is -1.58. The Balaban J connectivity index is 1.74. The number of aryl methyl sites for hydroxylation is 1. The molecule has 1 aromatic heterocycles. The maximum atomic E-state index is 5.79. The molecule has 1 heterocycles. The van der Waals surface area contributed by atoms with Crippen molar-refractivity contribution in [2.24, 2.45) is 5.84 Å². The molecule has 1 aliphatic carbocycles. The van der Waals surface area contributed by atoms with E-state index in [1.165, 1.54) is 30.4 Å². The zero-order valence-corrected chi connectivity index (χ0v) is 11.7. The molecule has 3 rings (SSSR count). The van der Waals surface area contributed by atoms with Crippen LogP contribution in [-0.2, 0) is 6.42 Å². The highest BCUT2D eigenvalue weighted by atomic mass is 16.3. The fraction of sp³-hybridized carbons (Fsp3) is 0.412. The van der Waals surface area contributed by atoms with Crippen LogP contribution in [-0.4, -0.2) is 0 Å². The zero-order chi connectivity index (χ0) is 13.8. The van der Waals surface area contributed by atoms with Gasteiger partial charge in [-0.05, 0) is 48.4 Å². The van der Waals surface area contributed by atoms with Crippen LogP contribution in [0.25, 0.3) is 0 Å². The van der Waals surface area contributed by atoms with Gasteiger partial charge in [0.05, 0.1) is 6.26 Å². The molecule has 0 spiro atoms. The van der Waals surface area contributed by atoms with E-state index < -0.39 is 0 Å². The van der Waals surface area contributed by atoms with Gasteiger partial charge in [-0.1, -0.05) is 30.7 Å². The molecule has 1 unspecified atom stereocenters. The molecule has 3 N–H and O–H groups in total. The number of hydrazine groups is 1. The second-order valence-corrected chi connectivity index (χ2v) is 5.59. The number of benzene rings is 1. The van der Waals surface area contributed by atoms with E-state index in [0.717, 1.165) is 24.5 Å². The molecular formula is C17H22N2O. The summed E-state index contributed by atoms with van der Waals surface area (Å²) in [5.41, 5.74) is 5.81. The minimum Gasteiger partial charge on any atom is -0.469 e. The van der Waals surface area contributed by atoms with E-state index in [4.69, 9.17) is 10.3 Å². The smallest absolute Gasteiger partial charge is 0.103 e. The maximum Gasteiger partial charge on any atom is 0.103 e. The van der Waals surface area contributed by atoms with E-state index in [-0.39, 0.29) is 6.04 Å². The number of rotatable bonds is 6. The second-order valence-electron chi connectivity index (χ2n) is 5.59. The third-order valence-corrected chi connectivity index (χ3v) is 4.38. The summed E-state index contributed by atoms with van der Waals surface area (Å²) < 4.78 is 5.41. The van der Waals surface area contributed by atoms with Gasteiger partial charge in [0.1, 0.15) is 5.76 Å². The normalized spacial score (nSPS) is 16.9. The summed E-state index contributed by atoms with van der Waals surface area (Å²) >= 11 is 0. The molecule has 106 valence electrons. The lowest BCUT2D eigenvalue weighted by molar-refractivity contribution is 0.406. The summed E-state index contributed by atoms with van der Waals surface area (Å²) in [6.45, 7) is 0.